The number of aromatic nitrogens is 2. The van der Waals surface area contributed by atoms with Gasteiger partial charge in [-0.05, 0) is 23.9 Å². The molecule has 2 heterocycles. The van der Waals surface area contributed by atoms with Gasteiger partial charge in [-0.25, -0.2) is 0 Å². The van der Waals surface area contributed by atoms with Crippen LogP contribution in [0.2, 0.25) is 0 Å². The number of anilines is 1. The maximum Gasteiger partial charge on any atom is 0.267 e. The van der Waals surface area contributed by atoms with E-state index in [2.05, 4.69) is 36.3 Å². The van der Waals surface area contributed by atoms with Gasteiger partial charge in [0, 0.05) is 17.2 Å². The van der Waals surface area contributed by atoms with E-state index in [0.29, 0.717) is 5.82 Å². The van der Waals surface area contributed by atoms with E-state index in [4.69, 9.17) is 0 Å². The highest BCUT2D eigenvalue weighted by Gasteiger charge is 2.18. The lowest BCUT2D eigenvalue weighted by molar-refractivity contribution is 0.102. The molecule has 0 bridgehead atoms. The molecule has 2 aromatic heterocycles. The Bertz CT molecular complexity index is 563. The van der Waals surface area contributed by atoms with Crippen LogP contribution in [-0.2, 0) is 5.41 Å². The Kier molecular flexibility index (Phi) is 3.26. The Labute approximate surface area is 110 Å². The first-order chi connectivity index (χ1) is 8.38. The van der Waals surface area contributed by atoms with Gasteiger partial charge in [-0.15, -0.1) is 11.3 Å². The molecule has 1 amide bonds. The molecule has 5 heteroatoms. The molecule has 4 nitrogen and oxygen atoms in total. The maximum absolute atomic E-state index is 12.0. The first kappa shape index (κ1) is 12.8. The molecule has 0 saturated heterocycles. The van der Waals surface area contributed by atoms with Gasteiger partial charge in [0.1, 0.15) is 0 Å². The summed E-state index contributed by atoms with van der Waals surface area (Å²) in [6, 6.07) is 3.81. The van der Waals surface area contributed by atoms with E-state index in [0.717, 1.165) is 16.1 Å². The fraction of sp³-hybridized carbons (Fsp3) is 0.385. The molecule has 0 radical (unpaired) electrons. The molecule has 2 aromatic rings. The topological polar surface area (TPSA) is 57.8 Å². The fourth-order valence-electron chi connectivity index (χ4n) is 1.55. The van der Waals surface area contributed by atoms with Crippen molar-refractivity contribution in [3.63, 3.8) is 0 Å². The van der Waals surface area contributed by atoms with Gasteiger partial charge in [0.25, 0.3) is 5.91 Å². The van der Waals surface area contributed by atoms with E-state index in [-0.39, 0.29) is 11.3 Å². The van der Waals surface area contributed by atoms with Crippen molar-refractivity contribution in [3.05, 3.63) is 33.6 Å². The quantitative estimate of drug-likeness (QED) is 0.873. The Morgan fingerprint density at radius 3 is 2.67 bits per heavy atom. The molecule has 0 spiro atoms. The van der Waals surface area contributed by atoms with Crippen LogP contribution < -0.4 is 5.32 Å². The molecule has 0 aliphatic heterocycles. The highest BCUT2D eigenvalue weighted by Crippen LogP contribution is 2.23. The van der Waals surface area contributed by atoms with E-state index in [1.54, 1.807) is 0 Å². The SMILES string of the molecule is Cc1ccsc1C(=O)Nc1cc(C(C)(C)C)[nH]n1. The Balaban J connectivity index is 2.13. The van der Waals surface area contributed by atoms with Crippen molar-refractivity contribution in [2.45, 2.75) is 33.1 Å². The first-order valence-corrected chi connectivity index (χ1v) is 6.67. The number of hydrogen-bond donors (Lipinski definition) is 2. The highest BCUT2D eigenvalue weighted by molar-refractivity contribution is 7.12. The van der Waals surface area contributed by atoms with Crippen molar-refractivity contribution >= 4 is 23.1 Å². The van der Waals surface area contributed by atoms with Gasteiger partial charge >= 0.3 is 0 Å². The van der Waals surface area contributed by atoms with Crippen LogP contribution in [0.3, 0.4) is 0 Å². The Hall–Kier alpha value is -1.62. The van der Waals surface area contributed by atoms with Gasteiger partial charge in [-0.2, -0.15) is 5.10 Å². The molecule has 0 unspecified atom stereocenters. The van der Waals surface area contributed by atoms with Crippen LogP contribution >= 0.6 is 11.3 Å². The van der Waals surface area contributed by atoms with Crippen molar-refractivity contribution < 1.29 is 4.79 Å². The van der Waals surface area contributed by atoms with E-state index in [1.165, 1.54) is 11.3 Å². The van der Waals surface area contributed by atoms with Gasteiger partial charge < -0.3 is 5.32 Å². The predicted octanol–water partition coefficient (Wildman–Crippen LogP) is 3.33. The molecular weight excluding hydrogens is 246 g/mol. The average molecular weight is 263 g/mol. The van der Waals surface area contributed by atoms with Crippen molar-refractivity contribution in [1.82, 2.24) is 10.2 Å². The highest BCUT2D eigenvalue weighted by atomic mass is 32.1. The van der Waals surface area contributed by atoms with Gasteiger partial charge in [0.15, 0.2) is 5.82 Å². The number of aryl methyl sites for hydroxylation is 1. The largest absolute Gasteiger partial charge is 0.304 e. The standard InChI is InChI=1S/C13H17N3OS/c1-8-5-6-18-11(8)12(17)14-10-7-9(15-16-10)13(2,3)4/h5-7H,1-4H3,(H2,14,15,16,17). The minimum absolute atomic E-state index is 0.00513. The van der Waals surface area contributed by atoms with Crippen LogP contribution in [0.5, 0.6) is 0 Å². The monoisotopic (exact) mass is 263 g/mol. The van der Waals surface area contributed by atoms with E-state index in [1.807, 2.05) is 24.4 Å². The molecule has 0 aliphatic rings. The summed E-state index contributed by atoms with van der Waals surface area (Å²) in [5.41, 5.74) is 1.99. The second-order valence-electron chi connectivity index (χ2n) is 5.30. The summed E-state index contributed by atoms with van der Waals surface area (Å²) in [5, 5.41) is 11.8. The lowest BCUT2D eigenvalue weighted by atomic mass is 9.92. The molecule has 0 atom stereocenters. The zero-order valence-corrected chi connectivity index (χ0v) is 11.8. The third kappa shape index (κ3) is 2.61. The van der Waals surface area contributed by atoms with Gasteiger partial charge in [-0.3, -0.25) is 9.89 Å². The number of thiophene rings is 1. The summed E-state index contributed by atoms with van der Waals surface area (Å²) >= 11 is 1.44. The first-order valence-electron chi connectivity index (χ1n) is 5.79. The number of H-pyrrole nitrogens is 1. The molecule has 0 saturated carbocycles. The molecule has 2 N–H and O–H groups in total. The Morgan fingerprint density at radius 1 is 1.44 bits per heavy atom. The van der Waals surface area contributed by atoms with Crippen LogP contribution in [0.1, 0.15) is 41.7 Å². The molecule has 0 fully saturated rings. The van der Waals surface area contributed by atoms with Gasteiger partial charge in [0.05, 0.1) is 4.88 Å². The third-order valence-electron chi connectivity index (χ3n) is 2.70. The van der Waals surface area contributed by atoms with Crippen molar-refractivity contribution in [2.75, 3.05) is 5.32 Å². The van der Waals surface area contributed by atoms with E-state index in [9.17, 15) is 4.79 Å². The second kappa shape index (κ2) is 4.57. The minimum Gasteiger partial charge on any atom is -0.304 e. The smallest absolute Gasteiger partial charge is 0.267 e. The molecule has 2 rings (SSSR count). The number of nitrogens with one attached hydrogen (secondary N) is 2. The summed E-state index contributed by atoms with van der Waals surface area (Å²) in [6.45, 7) is 8.21. The normalized spacial score (nSPS) is 11.6. The number of aromatic amines is 1. The summed E-state index contributed by atoms with van der Waals surface area (Å²) in [6.07, 6.45) is 0. The van der Waals surface area contributed by atoms with Crippen molar-refractivity contribution in [1.29, 1.82) is 0 Å². The Morgan fingerprint density at radius 2 is 2.17 bits per heavy atom. The lowest BCUT2D eigenvalue weighted by Gasteiger charge is -2.14. The number of carbonyl (C=O) groups is 1. The fourth-order valence-corrected chi connectivity index (χ4v) is 2.37. The van der Waals surface area contributed by atoms with Crippen LogP contribution in [0.4, 0.5) is 5.82 Å². The lowest BCUT2D eigenvalue weighted by Crippen LogP contribution is -2.12. The summed E-state index contributed by atoms with van der Waals surface area (Å²) < 4.78 is 0. The second-order valence-corrected chi connectivity index (χ2v) is 6.22. The molecular formula is C13H17N3OS. The van der Waals surface area contributed by atoms with E-state index < -0.39 is 0 Å². The molecule has 0 aliphatic carbocycles. The summed E-state index contributed by atoms with van der Waals surface area (Å²) in [7, 11) is 0. The van der Waals surface area contributed by atoms with Crippen LogP contribution in [0, 0.1) is 6.92 Å². The zero-order valence-electron chi connectivity index (χ0n) is 11.0. The number of carbonyl (C=O) groups excluding carboxylic acids is 1. The van der Waals surface area contributed by atoms with Gasteiger partial charge in [0.2, 0.25) is 0 Å². The molecule has 0 aromatic carbocycles. The van der Waals surface area contributed by atoms with Crippen molar-refractivity contribution in [3.8, 4) is 0 Å². The van der Waals surface area contributed by atoms with Crippen LogP contribution in [0.25, 0.3) is 0 Å². The zero-order chi connectivity index (χ0) is 13.3. The van der Waals surface area contributed by atoms with Gasteiger partial charge in [-0.1, -0.05) is 20.8 Å². The van der Waals surface area contributed by atoms with E-state index >= 15 is 0 Å². The van der Waals surface area contributed by atoms with Crippen LogP contribution in [0.15, 0.2) is 17.5 Å². The minimum atomic E-state index is -0.102. The number of hydrogen-bond acceptors (Lipinski definition) is 3. The average Bonchev–Trinajstić information content (AvgIpc) is 2.85. The van der Waals surface area contributed by atoms with Crippen LogP contribution in [-0.4, -0.2) is 16.1 Å². The predicted molar refractivity (Wildman–Crippen MR) is 74.3 cm³/mol. The summed E-state index contributed by atoms with van der Waals surface area (Å²) in [5.74, 6) is 0.465. The third-order valence-corrected chi connectivity index (χ3v) is 3.71. The number of amides is 1. The molecule has 96 valence electrons. The van der Waals surface area contributed by atoms with Crippen molar-refractivity contribution in [2.24, 2.45) is 0 Å². The number of nitrogens with zero attached hydrogens (tertiary/aromatic N) is 1. The number of rotatable bonds is 2. The summed E-state index contributed by atoms with van der Waals surface area (Å²) in [4.78, 5) is 12.7. The molecule has 18 heavy (non-hydrogen) atoms. The maximum atomic E-state index is 12.0.